The number of carbonyl (C=O) groups is 2. The van der Waals surface area contributed by atoms with Crippen molar-refractivity contribution in [1.82, 2.24) is 0 Å². The highest BCUT2D eigenvalue weighted by Crippen LogP contribution is 2.33. The van der Waals surface area contributed by atoms with Gasteiger partial charge in [0.1, 0.15) is 5.78 Å². The smallest absolute Gasteiger partial charge is 0.416 e. The zero-order valence-corrected chi connectivity index (χ0v) is 12.2. The van der Waals surface area contributed by atoms with Gasteiger partial charge in [0.25, 0.3) is 0 Å². The molecule has 1 rings (SSSR count). The van der Waals surface area contributed by atoms with Crippen LogP contribution in [0, 0.1) is 0 Å². The van der Waals surface area contributed by atoms with Crippen molar-refractivity contribution in [3.8, 4) is 0 Å². The number of Topliss-reactive ketones (excluding diaryl/α,β-unsaturated/α-hetero) is 1. The minimum absolute atomic E-state index is 0.0239. The Morgan fingerprint density at radius 3 is 2.45 bits per heavy atom. The topological polar surface area (TPSA) is 43.4 Å². The van der Waals surface area contributed by atoms with Gasteiger partial charge in [-0.3, -0.25) is 4.79 Å². The summed E-state index contributed by atoms with van der Waals surface area (Å²) in [7, 11) is 0. The summed E-state index contributed by atoms with van der Waals surface area (Å²) >= 11 is 2.90. The summed E-state index contributed by atoms with van der Waals surface area (Å²) in [6.45, 7) is 1.63. The summed E-state index contributed by atoms with van der Waals surface area (Å²) in [5, 5.41) is -0.0239. The highest BCUT2D eigenvalue weighted by Gasteiger charge is 2.34. The SMILES string of the molecule is CCOC(=O)c1ccc(CC(=O)CBr)c(C(F)(F)F)c1. The molecule has 0 radical (unpaired) electrons. The van der Waals surface area contributed by atoms with Crippen molar-refractivity contribution >= 4 is 27.7 Å². The molecule has 0 atom stereocenters. The molecule has 0 aliphatic heterocycles. The summed E-state index contributed by atoms with van der Waals surface area (Å²) < 4.78 is 43.5. The van der Waals surface area contributed by atoms with Crippen LogP contribution in [0.25, 0.3) is 0 Å². The molecule has 0 aliphatic carbocycles. The predicted molar refractivity (Wildman–Crippen MR) is 69.9 cm³/mol. The van der Waals surface area contributed by atoms with Crippen LogP contribution in [0.4, 0.5) is 13.2 Å². The number of halogens is 4. The molecule has 3 nitrogen and oxygen atoms in total. The minimum Gasteiger partial charge on any atom is -0.462 e. The van der Waals surface area contributed by atoms with Crippen LogP contribution in [0.15, 0.2) is 18.2 Å². The second kappa shape index (κ2) is 6.88. The lowest BCUT2D eigenvalue weighted by atomic mass is 9.99. The summed E-state index contributed by atoms with van der Waals surface area (Å²) in [6, 6.07) is 3.08. The van der Waals surface area contributed by atoms with Gasteiger partial charge in [-0.05, 0) is 24.6 Å². The number of rotatable bonds is 5. The van der Waals surface area contributed by atoms with E-state index in [9.17, 15) is 22.8 Å². The molecule has 110 valence electrons. The Hall–Kier alpha value is -1.37. The molecule has 0 fully saturated rings. The van der Waals surface area contributed by atoms with E-state index in [0.717, 1.165) is 12.1 Å². The Labute approximate surface area is 122 Å². The quantitative estimate of drug-likeness (QED) is 0.602. The van der Waals surface area contributed by atoms with Crippen LogP contribution < -0.4 is 0 Å². The third-order valence-electron chi connectivity index (χ3n) is 2.46. The van der Waals surface area contributed by atoms with Gasteiger partial charge in [-0.2, -0.15) is 13.2 Å². The molecule has 0 N–H and O–H groups in total. The number of ether oxygens (including phenoxy) is 1. The van der Waals surface area contributed by atoms with Gasteiger partial charge in [0.2, 0.25) is 0 Å². The molecule has 1 aromatic carbocycles. The van der Waals surface area contributed by atoms with E-state index in [1.807, 2.05) is 0 Å². The van der Waals surface area contributed by atoms with Crippen LogP contribution in [0.2, 0.25) is 0 Å². The Morgan fingerprint density at radius 1 is 1.30 bits per heavy atom. The number of esters is 1. The molecule has 1 aromatic rings. The molecule has 20 heavy (non-hydrogen) atoms. The van der Waals surface area contributed by atoms with Gasteiger partial charge < -0.3 is 4.74 Å². The Balaban J connectivity index is 3.20. The van der Waals surface area contributed by atoms with E-state index in [-0.39, 0.29) is 35.3 Å². The Morgan fingerprint density at radius 2 is 1.95 bits per heavy atom. The lowest BCUT2D eigenvalue weighted by Gasteiger charge is -2.13. The number of alkyl halides is 4. The fourth-order valence-electron chi connectivity index (χ4n) is 1.60. The van der Waals surface area contributed by atoms with E-state index in [0.29, 0.717) is 0 Å². The third-order valence-corrected chi connectivity index (χ3v) is 3.09. The van der Waals surface area contributed by atoms with E-state index >= 15 is 0 Å². The second-order valence-corrected chi connectivity index (χ2v) is 4.50. The predicted octanol–water partition coefficient (Wildman–Crippen LogP) is 3.39. The van der Waals surface area contributed by atoms with Crippen molar-refractivity contribution in [3.05, 3.63) is 34.9 Å². The first-order valence-corrected chi connectivity index (χ1v) is 6.86. The lowest BCUT2D eigenvalue weighted by Crippen LogP contribution is -2.15. The molecule has 0 spiro atoms. The third kappa shape index (κ3) is 4.33. The van der Waals surface area contributed by atoms with E-state index in [4.69, 9.17) is 0 Å². The summed E-state index contributed by atoms with van der Waals surface area (Å²) in [6.07, 6.45) is -4.98. The van der Waals surface area contributed by atoms with E-state index < -0.39 is 17.7 Å². The highest BCUT2D eigenvalue weighted by molar-refractivity contribution is 9.09. The van der Waals surface area contributed by atoms with Gasteiger partial charge in [0, 0.05) is 6.42 Å². The Bertz CT molecular complexity index is 512. The first-order valence-electron chi connectivity index (χ1n) is 5.74. The molecular weight excluding hydrogens is 341 g/mol. The summed E-state index contributed by atoms with van der Waals surface area (Å²) in [5.41, 5.74) is -1.33. The van der Waals surface area contributed by atoms with Crippen molar-refractivity contribution in [2.75, 3.05) is 11.9 Å². The highest BCUT2D eigenvalue weighted by atomic mass is 79.9. The van der Waals surface area contributed by atoms with Crippen LogP contribution in [-0.2, 0) is 22.1 Å². The fraction of sp³-hybridized carbons (Fsp3) is 0.385. The monoisotopic (exact) mass is 352 g/mol. The molecular formula is C13H12BrF3O3. The molecule has 0 aromatic heterocycles. The molecule has 7 heteroatoms. The standard InChI is InChI=1S/C13H12BrF3O3/c1-2-20-12(19)9-4-3-8(5-10(18)7-14)11(6-9)13(15,16)17/h3-4,6H,2,5,7H2,1H3. The number of benzene rings is 1. The summed E-state index contributed by atoms with van der Waals surface area (Å²) in [4.78, 5) is 22.7. The molecule has 0 bridgehead atoms. The largest absolute Gasteiger partial charge is 0.462 e. The van der Waals surface area contributed by atoms with Crippen LogP contribution in [-0.4, -0.2) is 23.7 Å². The average molecular weight is 353 g/mol. The molecule has 0 saturated carbocycles. The van der Waals surface area contributed by atoms with Gasteiger partial charge in [-0.15, -0.1) is 0 Å². The van der Waals surface area contributed by atoms with Crippen molar-refractivity contribution < 1.29 is 27.5 Å². The van der Waals surface area contributed by atoms with Gasteiger partial charge in [0.15, 0.2) is 0 Å². The number of ketones is 1. The maximum Gasteiger partial charge on any atom is 0.416 e. The first-order chi connectivity index (χ1) is 9.29. The zero-order chi connectivity index (χ0) is 15.3. The lowest BCUT2D eigenvalue weighted by molar-refractivity contribution is -0.138. The second-order valence-electron chi connectivity index (χ2n) is 3.94. The normalized spacial score (nSPS) is 11.2. The molecule has 0 saturated heterocycles. The van der Waals surface area contributed by atoms with Gasteiger partial charge >= 0.3 is 12.1 Å². The van der Waals surface area contributed by atoms with Crippen molar-refractivity contribution in [1.29, 1.82) is 0 Å². The van der Waals surface area contributed by atoms with Gasteiger partial charge in [-0.25, -0.2) is 4.79 Å². The molecule has 0 heterocycles. The molecule has 0 aliphatic rings. The van der Waals surface area contributed by atoms with Crippen LogP contribution >= 0.6 is 15.9 Å². The zero-order valence-electron chi connectivity index (χ0n) is 10.6. The maximum absolute atomic E-state index is 13.0. The molecule has 0 unspecified atom stereocenters. The van der Waals surface area contributed by atoms with E-state index in [1.165, 1.54) is 6.07 Å². The first kappa shape index (κ1) is 16.7. The summed E-state index contributed by atoms with van der Waals surface area (Å²) in [5.74, 6) is -1.20. The van der Waals surface area contributed by atoms with E-state index in [2.05, 4.69) is 20.7 Å². The van der Waals surface area contributed by atoms with Crippen molar-refractivity contribution in [3.63, 3.8) is 0 Å². The van der Waals surface area contributed by atoms with Crippen molar-refractivity contribution in [2.45, 2.75) is 19.5 Å². The van der Waals surface area contributed by atoms with Crippen LogP contribution in [0.1, 0.15) is 28.4 Å². The van der Waals surface area contributed by atoms with Gasteiger partial charge in [0.05, 0.1) is 23.1 Å². The number of carbonyl (C=O) groups excluding carboxylic acids is 2. The fourth-order valence-corrected chi connectivity index (χ4v) is 1.79. The van der Waals surface area contributed by atoms with Crippen LogP contribution in [0.5, 0.6) is 0 Å². The number of hydrogen-bond donors (Lipinski definition) is 0. The minimum atomic E-state index is -4.63. The molecule has 0 amide bonds. The number of hydrogen-bond acceptors (Lipinski definition) is 3. The Kier molecular flexibility index (Phi) is 5.74. The van der Waals surface area contributed by atoms with Gasteiger partial charge in [-0.1, -0.05) is 22.0 Å². The maximum atomic E-state index is 13.0. The van der Waals surface area contributed by atoms with E-state index in [1.54, 1.807) is 6.92 Å². The average Bonchev–Trinajstić information content (AvgIpc) is 2.38. The van der Waals surface area contributed by atoms with Crippen molar-refractivity contribution in [2.24, 2.45) is 0 Å². The van der Waals surface area contributed by atoms with Crippen LogP contribution in [0.3, 0.4) is 0 Å².